The van der Waals surface area contributed by atoms with Crippen molar-refractivity contribution in [3.63, 3.8) is 0 Å². The molecule has 0 saturated heterocycles. The number of hydrazone groups is 1. The smallest absolute Gasteiger partial charge is 0.166 e. The third kappa shape index (κ3) is 3.22. The van der Waals surface area contributed by atoms with Gasteiger partial charge in [0.05, 0.1) is 45.8 Å². The monoisotopic (exact) mass is 408 g/mol. The maximum absolute atomic E-state index is 10.6. The van der Waals surface area contributed by atoms with Crippen LogP contribution in [0.4, 0.5) is 0 Å². The first-order valence-electron chi connectivity index (χ1n) is 9.52. The molecule has 7 heteroatoms. The molecule has 30 heavy (non-hydrogen) atoms. The second kappa shape index (κ2) is 8.02. The quantitative estimate of drug-likeness (QED) is 0.641. The molecule has 1 unspecified atom stereocenters. The molecule has 0 saturated carbocycles. The second-order valence-electron chi connectivity index (χ2n) is 6.91. The van der Waals surface area contributed by atoms with Crippen LogP contribution in [-0.2, 0) is 0 Å². The van der Waals surface area contributed by atoms with Gasteiger partial charge in [-0.25, -0.2) is 0 Å². The third-order valence-corrected chi connectivity index (χ3v) is 5.33. The highest BCUT2D eigenvalue weighted by Gasteiger charge is 2.30. The van der Waals surface area contributed by atoms with E-state index in [9.17, 15) is 5.11 Å². The molecular weight excluding hydrogens is 384 g/mol. The van der Waals surface area contributed by atoms with E-state index in [1.165, 1.54) is 0 Å². The molecule has 156 valence electrons. The van der Waals surface area contributed by atoms with Crippen LogP contribution < -0.4 is 24.4 Å². The highest BCUT2D eigenvalue weighted by molar-refractivity contribution is 6.07. The molecule has 1 heterocycles. The minimum Gasteiger partial charge on any atom is -0.507 e. The van der Waals surface area contributed by atoms with Gasteiger partial charge in [-0.3, -0.25) is 0 Å². The number of phenolic OH excluding ortho intramolecular Hbond substituents is 1. The van der Waals surface area contributed by atoms with Crippen LogP contribution in [-0.4, -0.2) is 39.3 Å². The van der Waals surface area contributed by atoms with Gasteiger partial charge in [-0.05, 0) is 16.8 Å². The zero-order valence-corrected chi connectivity index (χ0v) is 17.4. The van der Waals surface area contributed by atoms with Crippen LogP contribution in [0.1, 0.15) is 23.6 Å². The van der Waals surface area contributed by atoms with Gasteiger partial charge in [0.1, 0.15) is 17.2 Å². The fourth-order valence-corrected chi connectivity index (χ4v) is 3.95. The van der Waals surface area contributed by atoms with E-state index in [0.717, 1.165) is 16.3 Å². The number of aromatic hydroxyl groups is 1. The molecule has 3 aromatic carbocycles. The van der Waals surface area contributed by atoms with Crippen molar-refractivity contribution in [2.24, 2.45) is 5.10 Å². The van der Waals surface area contributed by atoms with Crippen molar-refractivity contribution in [2.75, 3.05) is 28.4 Å². The Bertz CT molecular complexity index is 1130. The van der Waals surface area contributed by atoms with Crippen LogP contribution in [0.2, 0.25) is 0 Å². The molecule has 0 aromatic heterocycles. The largest absolute Gasteiger partial charge is 0.507 e. The van der Waals surface area contributed by atoms with Crippen LogP contribution in [0.3, 0.4) is 0 Å². The van der Waals surface area contributed by atoms with Gasteiger partial charge < -0.3 is 29.5 Å². The third-order valence-electron chi connectivity index (χ3n) is 5.33. The summed E-state index contributed by atoms with van der Waals surface area (Å²) in [6.07, 6.45) is 0.532. The maximum Gasteiger partial charge on any atom is 0.166 e. The average molecular weight is 408 g/mol. The van der Waals surface area contributed by atoms with Crippen LogP contribution >= 0.6 is 0 Å². The lowest BCUT2D eigenvalue weighted by Crippen LogP contribution is -2.13. The Morgan fingerprint density at radius 2 is 1.70 bits per heavy atom. The Morgan fingerprint density at radius 1 is 0.933 bits per heavy atom. The first kappa shape index (κ1) is 19.7. The van der Waals surface area contributed by atoms with Gasteiger partial charge in [0.2, 0.25) is 0 Å². The molecule has 0 aliphatic carbocycles. The molecule has 1 atom stereocenters. The summed E-state index contributed by atoms with van der Waals surface area (Å²) in [5.41, 5.74) is 5.39. The van der Waals surface area contributed by atoms with Crippen molar-refractivity contribution in [3.8, 4) is 28.7 Å². The maximum atomic E-state index is 10.6. The Hall–Kier alpha value is -3.61. The van der Waals surface area contributed by atoms with E-state index >= 15 is 0 Å². The number of fused-ring (bicyclic) bond motifs is 1. The van der Waals surface area contributed by atoms with E-state index in [0.29, 0.717) is 40.7 Å². The summed E-state index contributed by atoms with van der Waals surface area (Å²) in [6.45, 7) is 0. The number of ether oxygens (including phenoxy) is 4. The highest BCUT2D eigenvalue weighted by atomic mass is 16.5. The zero-order chi connectivity index (χ0) is 21.3. The van der Waals surface area contributed by atoms with Crippen LogP contribution in [0.25, 0.3) is 10.8 Å². The molecule has 2 N–H and O–H groups in total. The van der Waals surface area contributed by atoms with Gasteiger partial charge in [0.25, 0.3) is 0 Å². The average Bonchev–Trinajstić information content (AvgIpc) is 3.25. The lowest BCUT2D eigenvalue weighted by Gasteiger charge is -2.20. The zero-order valence-electron chi connectivity index (χ0n) is 17.4. The van der Waals surface area contributed by atoms with Crippen LogP contribution in [0, 0.1) is 0 Å². The van der Waals surface area contributed by atoms with Gasteiger partial charge in [0, 0.05) is 24.1 Å². The van der Waals surface area contributed by atoms with E-state index in [-0.39, 0.29) is 11.8 Å². The summed E-state index contributed by atoms with van der Waals surface area (Å²) < 4.78 is 22.0. The second-order valence-corrected chi connectivity index (χ2v) is 6.91. The molecule has 3 aromatic rings. The van der Waals surface area contributed by atoms with Gasteiger partial charge in [0.15, 0.2) is 11.5 Å². The number of nitrogens with one attached hydrogen (secondary N) is 1. The number of nitrogens with zero attached hydrogens (tertiary/aromatic N) is 1. The summed E-state index contributed by atoms with van der Waals surface area (Å²) in [4.78, 5) is 0. The minimum atomic E-state index is -0.166. The predicted octanol–water partition coefficient (Wildman–Crippen LogP) is 4.02. The van der Waals surface area contributed by atoms with Crippen molar-refractivity contribution in [1.82, 2.24) is 5.43 Å². The molecule has 0 radical (unpaired) electrons. The van der Waals surface area contributed by atoms with E-state index < -0.39 is 0 Å². The molecule has 0 spiro atoms. The molecule has 1 aliphatic heterocycles. The summed E-state index contributed by atoms with van der Waals surface area (Å²) in [7, 11) is 6.35. The topological polar surface area (TPSA) is 81.5 Å². The van der Waals surface area contributed by atoms with Crippen LogP contribution in [0.15, 0.2) is 47.6 Å². The van der Waals surface area contributed by atoms with Gasteiger partial charge in [-0.1, -0.05) is 24.3 Å². The normalized spacial score (nSPS) is 15.5. The fourth-order valence-electron chi connectivity index (χ4n) is 3.95. The SMILES string of the molecule is COc1cc(O)c(C2=NNC(c3c(OC)c(OC)cc4ccccc34)C2)c(OC)c1. The number of methoxy groups -OCH3 is 4. The van der Waals surface area contributed by atoms with Gasteiger partial charge >= 0.3 is 0 Å². The van der Waals surface area contributed by atoms with E-state index in [2.05, 4.69) is 16.6 Å². The Balaban J connectivity index is 1.78. The Kier molecular flexibility index (Phi) is 5.27. The lowest BCUT2D eigenvalue weighted by atomic mass is 9.92. The van der Waals surface area contributed by atoms with Crippen molar-refractivity contribution in [1.29, 1.82) is 0 Å². The van der Waals surface area contributed by atoms with Crippen molar-refractivity contribution < 1.29 is 24.1 Å². The van der Waals surface area contributed by atoms with Crippen molar-refractivity contribution in [3.05, 3.63) is 53.6 Å². The fraction of sp³-hybridized carbons (Fsp3) is 0.261. The minimum absolute atomic E-state index is 0.0508. The number of phenols is 1. The number of hydrogen-bond donors (Lipinski definition) is 2. The Morgan fingerprint density at radius 3 is 2.40 bits per heavy atom. The standard InChI is InChI=1S/C23H24N2O5/c1-27-14-10-18(26)22(19(11-14)28-2)17-12-16(24-25-17)21-15-8-6-5-7-13(15)9-20(29-3)23(21)30-4/h5-11,16,24,26H,12H2,1-4H3. The molecule has 4 rings (SSSR count). The Labute approximate surface area is 174 Å². The van der Waals surface area contributed by atoms with Gasteiger partial charge in [-0.15, -0.1) is 0 Å². The first-order valence-corrected chi connectivity index (χ1v) is 9.52. The number of rotatable bonds is 6. The molecule has 7 nitrogen and oxygen atoms in total. The van der Waals surface area contributed by atoms with E-state index in [1.807, 2.05) is 24.3 Å². The highest BCUT2D eigenvalue weighted by Crippen LogP contribution is 2.44. The summed E-state index contributed by atoms with van der Waals surface area (Å²) in [6, 6.07) is 13.2. The molecule has 0 fully saturated rings. The first-order chi connectivity index (χ1) is 14.6. The molecule has 1 aliphatic rings. The molecule has 0 amide bonds. The van der Waals surface area contributed by atoms with Gasteiger partial charge in [-0.2, -0.15) is 5.10 Å². The molecule has 0 bridgehead atoms. The summed E-state index contributed by atoms with van der Waals surface area (Å²) >= 11 is 0. The number of hydrogen-bond acceptors (Lipinski definition) is 7. The molecular formula is C23H24N2O5. The summed E-state index contributed by atoms with van der Waals surface area (Å²) in [5, 5.41) is 17.2. The summed E-state index contributed by atoms with van der Waals surface area (Å²) in [5.74, 6) is 2.38. The van der Waals surface area contributed by atoms with Crippen molar-refractivity contribution >= 4 is 16.5 Å². The van der Waals surface area contributed by atoms with E-state index in [1.54, 1.807) is 40.6 Å². The van der Waals surface area contributed by atoms with E-state index in [4.69, 9.17) is 18.9 Å². The van der Waals surface area contributed by atoms with Crippen molar-refractivity contribution in [2.45, 2.75) is 12.5 Å². The van der Waals surface area contributed by atoms with Crippen LogP contribution in [0.5, 0.6) is 28.7 Å². The number of benzene rings is 3. The lowest BCUT2D eigenvalue weighted by molar-refractivity contribution is 0.349. The predicted molar refractivity (Wildman–Crippen MR) is 115 cm³/mol.